The Hall–Kier alpha value is -1.10. The van der Waals surface area contributed by atoms with Gasteiger partial charge in [0.15, 0.2) is 6.29 Å². The Morgan fingerprint density at radius 2 is 2.00 bits per heavy atom. The summed E-state index contributed by atoms with van der Waals surface area (Å²) in [4.78, 5) is 10.8. The van der Waals surface area contributed by atoms with E-state index in [-0.39, 0.29) is 0 Å². The van der Waals surface area contributed by atoms with E-state index in [9.17, 15) is 4.79 Å². The normalized spacial score (nSPS) is 10.2. The molecule has 17 heavy (non-hydrogen) atoms. The van der Waals surface area contributed by atoms with Crippen LogP contribution in [0.1, 0.15) is 10.4 Å². The zero-order valence-electron chi connectivity index (χ0n) is 9.65. The number of ether oxygens (including phenoxy) is 3. The van der Waals surface area contributed by atoms with Gasteiger partial charge in [-0.05, 0) is 12.1 Å². The van der Waals surface area contributed by atoms with Gasteiger partial charge in [-0.2, -0.15) is 0 Å². The van der Waals surface area contributed by atoms with Crippen LogP contribution < -0.4 is 4.74 Å². The third kappa shape index (κ3) is 4.73. The molecule has 0 aromatic heterocycles. The summed E-state index contributed by atoms with van der Waals surface area (Å²) in [6, 6.07) is 5.08. The van der Waals surface area contributed by atoms with Gasteiger partial charge in [0.1, 0.15) is 12.4 Å². The van der Waals surface area contributed by atoms with Crippen LogP contribution in [0.5, 0.6) is 5.75 Å². The summed E-state index contributed by atoms with van der Waals surface area (Å²) in [5.74, 6) is 0.475. The molecule has 0 bridgehead atoms. The van der Waals surface area contributed by atoms with Gasteiger partial charge in [-0.3, -0.25) is 4.79 Å². The molecule has 0 heterocycles. The molecule has 0 radical (unpaired) electrons. The zero-order chi connectivity index (χ0) is 12.5. The van der Waals surface area contributed by atoms with E-state index in [4.69, 9.17) is 25.8 Å². The lowest BCUT2D eigenvalue weighted by Gasteiger charge is -2.09. The van der Waals surface area contributed by atoms with Gasteiger partial charge in [-0.25, -0.2) is 0 Å². The van der Waals surface area contributed by atoms with Gasteiger partial charge < -0.3 is 14.2 Å². The van der Waals surface area contributed by atoms with Crippen molar-refractivity contribution in [2.75, 3.05) is 33.5 Å². The number of benzene rings is 1. The topological polar surface area (TPSA) is 44.8 Å². The molecule has 0 aliphatic heterocycles. The van der Waals surface area contributed by atoms with E-state index in [0.29, 0.717) is 49.0 Å². The number of hydrogen-bond donors (Lipinski definition) is 0. The predicted molar refractivity (Wildman–Crippen MR) is 65.0 cm³/mol. The average molecular weight is 259 g/mol. The Labute approximate surface area is 105 Å². The van der Waals surface area contributed by atoms with E-state index in [1.165, 1.54) is 0 Å². The summed E-state index contributed by atoms with van der Waals surface area (Å²) in [7, 11) is 1.61. The molecule has 5 heteroatoms. The summed E-state index contributed by atoms with van der Waals surface area (Å²) in [6.07, 6.45) is 0.684. The van der Waals surface area contributed by atoms with Crippen LogP contribution in [-0.4, -0.2) is 39.8 Å². The monoisotopic (exact) mass is 258 g/mol. The van der Waals surface area contributed by atoms with Crippen LogP contribution in [-0.2, 0) is 9.47 Å². The van der Waals surface area contributed by atoms with Crippen LogP contribution in [0.25, 0.3) is 0 Å². The summed E-state index contributed by atoms with van der Waals surface area (Å²) in [5, 5.41) is 0.387. The summed E-state index contributed by atoms with van der Waals surface area (Å²) in [5.41, 5.74) is 0.367. The molecule has 0 unspecified atom stereocenters. The van der Waals surface area contributed by atoms with Gasteiger partial charge in [0.25, 0.3) is 0 Å². The van der Waals surface area contributed by atoms with Crippen LogP contribution in [0.15, 0.2) is 18.2 Å². The van der Waals surface area contributed by atoms with E-state index in [0.717, 1.165) is 0 Å². The number of aldehydes is 1. The number of carbonyl (C=O) groups is 1. The SMILES string of the molecule is COCCOCCOc1cccc(Cl)c1C=O. The van der Waals surface area contributed by atoms with E-state index in [1.54, 1.807) is 25.3 Å². The molecule has 0 aliphatic carbocycles. The first-order valence-electron chi connectivity index (χ1n) is 5.22. The highest BCUT2D eigenvalue weighted by atomic mass is 35.5. The Morgan fingerprint density at radius 3 is 2.71 bits per heavy atom. The van der Waals surface area contributed by atoms with Crippen LogP contribution >= 0.6 is 11.6 Å². The number of rotatable bonds is 8. The van der Waals surface area contributed by atoms with Crippen molar-refractivity contribution >= 4 is 17.9 Å². The first-order valence-corrected chi connectivity index (χ1v) is 5.60. The van der Waals surface area contributed by atoms with Gasteiger partial charge in [-0.1, -0.05) is 17.7 Å². The Morgan fingerprint density at radius 1 is 1.24 bits per heavy atom. The van der Waals surface area contributed by atoms with Crippen LogP contribution in [0.2, 0.25) is 5.02 Å². The molecule has 1 aromatic carbocycles. The molecule has 4 nitrogen and oxygen atoms in total. The molecule has 0 saturated heterocycles. The van der Waals surface area contributed by atoms with Crippen LogP contribution in [0.3, 0.4) is 0 Å². The highest BCUT2D eigenvalue weighted by molar-refractivity contribution is 6.33. The lowest BCUT2D eigenvalue weighted by atomic mass is 10.2. The fourth-order valence-electron chi connectivity index (χ4n) is 1.21. The minimum Gasteiger partial charge on any atom is -0.490 e. The molecule has 94 valence electrons. The van der Waals surface area contributed by atoms with Gasteiger partial charge >= 0.3 is 0 Å². The second-order valence-electron chi connectivity index (χ2n) is 3.22. The number of carbonyl (C=O) groups excluding carboxylic acids is 1. The van der Waals surface area contributed by atoms with Gasteiger partial charge in [0.2, 0.25) is 0 Å². The van der Waals surface area contributed by atoms with E-state index in [2.05, 4.69) is 0 Å². The van der Waals surface area contributed by atoms with Crippen molar-refractivity contribution in [3.05, 3.63) is 28.8 Å². The fraction of sp³-hybridized carbons (Fsp3) is 0.417. The molecular formula is C12H15ClO4. The van der Waals surface area contributed by atoms with Crippen molar-refractivity contribution < 1.29 is 19.0 Å². The lowest BCUT2D eigenvalue weighted by Crippen LogP contribution is -2.10. The molecule has 0 spiro atoms. The number of hydrogen-bond acceptors (Lipinski definition) is 4. The summed E-state index contributed by atoms with van der Waals surface area (Å²) in [6.45, 7) is 1.88. The largest absolute Gasteiger partial charge is 0.490 e. The Kier molecular flexibility index (Phi) is 6.62. The van der Waals surface area contributed by atoms with E-state index < -0.39 is 0 Å². The van der Waals surface area contributed by atoms with E-state index >= 15 is 0 Å². The first-order chi connectivity index (χ1) is 8.29. The van der Waals surface area contributed by atoms with Crippen LogP contribution in [0.4, 0.5) is 0 Å². The maximum atomic E-state index is 10.8. The van der Waals surface area contributed by atoms with Gasteiger partial charge in [0.05, 0.1) is 30.4 Å². The molecule has 0 amide bonds. The maximum Gasteiger partial charge on any atom is 0.155 e. The zero-order valence-corrected chi connectivity index (χ0v) is 10.4. The number of methoxy groups -OCH3 is 1. The van der Waals surface area contributed by atoms with Crippen molar-refractivity contribution in [3.63, 3.8) is 0 Å². The Bertz CT molecular complexity index is 354. The van der Waals surface area contributed by atoms with Gasteiger partial charge in [0, 0.05) is 7.11 Å². The minimum absolute atomic E-state index is 0.366. The smallest absolute Gasteiger partial charge is 0.155 e. The average Bonchev–Trinajstić information content (AvgIpc) is 2.34. The van der Waals surface area contributed by atoms with E-state index in [1.807, 2.05) is 0 Å². The van der Waals surface area contributed by atoms with Gasteiger partial charge in [-0.15, -0.1) is 0 Å². The highest BCUT2D eigenvalue weighted by Gasteiger charge is 2.06. The third-order valence-electron chi connectivity index (χ3n) is 2.05. The van der Waals surface area contributed by atoms with Crippen molar-refractivity contribution in [3.8, 4) is 5.75 Å². The molecule has 0 N–H and O–H groups in total. The second kappa shape index (κ2) is 8.06. The predicted octanol–water partition coefficient (Wildman–Crippen LogP) is 2.19. The maximum absolute atomic E-state index is 10.8. The van der Waals surface area contributed by atoms with Crippen molar-refractivity contribution in [2.45, 2.75) is 0 Å². The minimum atomic E-state index is 0.366. The van der Waals surface area contributed by atoms with Crippen molar-refractivity contribution in [2.24, 2.45) is 0 Å². The number of halogens is 1. The molecule has 0 saturated carbocycles. The standard InChI is InChI=1S/C12H15ClO4/c1-15-5-6-16-7-8-17-12-4-2-3-11(13)10(12)9-14/h2-4,9H,5-8H2,1H3. The second-order valence-corrected chi connectivity index (χ2v) is 3.63. The molecular weight excluding hydrogens is 244 g/mol. The summed E-state index contributed by atoms with van der Waals surface area (Å²) < 4.78 is 15.5. The molecule has 0 aliphatic rings. The highest BCUT2D eigenvalue weighted by Crippen LogP contribution is 2.24. The molecule has 1 rings (SSSR count). The quantitative estimate of drug-likeness (QED) is 0.530. The molecule has 1 aromatic rings. The fourth-order valence-corrected chi connectivity index (χ4v) is 1.42. The lowest BCUT2D eigenvalue weighted by molar-refractivity contribution is 0.0543. The van der Waals surface area contributed by atoms with Crippen molar-refractivity contribution in [1.29, 1.82) is 0 Å². The van der Waals surface area contributed by atoms with Crippen LogP contribution in [0, 0.1) is 0 Å². The first kappa shape index (κ1) is 14.0. The van der Waals surface area contributed by atoms with Crippen molar-refractivity contribution in [1.82, 2.24) is 0 Å². The summed E-state index contributed by atoms with van der Waals surface area (Å²) >= 11 is 5.85. The molecule has 0 fully saturated rings. The molecule has 0 atom stereocenters. The third-order valence-corrected chi connectivity index (χ3v) is 2.38. The Balaban J connectivity index is 2.36.